The van der Waals surface area contributed by atoms with E-state index in [-0.39, 0.29) is 17.0 Å². The molecule has 3 N–H and O–H groups in total. The molecule has 0 saturated carbocycles. The molecule has 1 aromatic carbocycles. The van der Waals surface area contributed by atoms with Crippen molar-refractivity contribution in [3.8, 4) is 0 Å². The van der Waals surface area contributed by atoms with E-state index in [0.717, 1.165) is 19.3 Å². The molecule has 0 fully saturated rings. The normalized spacial score (nSPS) is 10.9. The molecule has 0 radical (unpaired) electrons. The zero-order valence-electron chi connectivity index (χ0n) is 17.0. The number of para-hydroxylation sites is 1. The van der Waals surface area contributed by atoms with E-state index in [2.05, 4.69) is 6.92 Å². The summed E-state index contributed by atoms with van der Waals surface area (Å²) in [4.78, 5) is 23.4. The zero-order chi connectivity index (χ0) is 19.9. The van der Waals surface area contributed by atoms with Crippen molar-refractivity contribution < 1.29 is 14.7 Å². The summed E-state index contributed by atoms with van der Waals surface area (Å²) >= 11 is 0. The monoisotopic (exact) mass is 375 g/mol. The molecule has 0 unspecified atom stereocenters. The number of aromatic carboxylic acids is 1. The van der Waals surface area contributed by atoms with E-state index >= 15 is 0 Å². The molecule has 1 aromatic rings. The van der Waals surface area contributed by atoms with Gasteiger partial charge in [-0.25, -0.2) is 4.79 Å². The predicted octanol–water partition coefficient (Wildman–Crippen LogP) is 6.63. The topological polar surface area (TPSA) is 80.4 Å². The number of anilines is 1. The molecule has 0 aliphatic carbocycles. The van der Waals surface area contributed by atoms with E-state index in [1.165, 1.54) is 70.3 Å². The largest absolute Gasteiger partial charge is 0.478 e. The molecule has 4 heteroatoms. The second kappa shape index (κ2) is 14.2. The standard InChI is InChI=1S/C23H37NO3/c1-2-3-4-5-6-7-8-9-10-11-12-13-14-18-21(25)19-16-15-17-20(22(19)24)23(26)27/h15-17H,2-14,18,24H2,1H3,(H,26,27). The second-order valence-electron chi connectivity index (χ2n) is 7.49. The first-order valence-electron chi connectivity index (χ1n) is 10.7. The fourth-order valence-corrected chi connectivity index (χ4v) is 3.43. The number of carbonyl (C=O) groups is 2. The molecule has 0 bridgehead atoms. The van der Waals surface area contributed by atoms with Gasteiger partial charge in [-0.05, 0) is 18.6 Å². The highest BCUT2D eigenvalue weighted by molar-refractivity contribution is 6.06. The Morgan fingerprint density at radius 2 is 1.22 bits per heavy atom. The Hall–Kier alpha value is -1.84. The summed E-state index contributed by atoms with van der Waals surface area (Å²) in [5.41, 5.74) is 6.26. The van der Waals surface area contributed by atoms with Crippen LogP contribution in [0.3, 0.4) is 0 Å². The Bertz CT molecular complexity index is 569. The van der Waals surface area contributed by atoms with Gasteiger partial charge < -0.3 is 10.8 Å². The van der Waals surface area contributed by atoms with Gasteiger partial charge in [-0.3, -0.25) is 4.79 Å². The zero-order valence-corrected chi connectivity index (χ0v) is 17.0. The number of hydrogen-bond donors (Lipinski definition) is 2. The number of ketones is 1. The lowest BCUT2D eigenvalue weighted by Crippen LogP contribution is -2.09. The summed E-state index contributed by atoms with van der Waals surface area (Å²) in [7, 11) is 0. The first-order chi connectivity index (χ1) is 13.1. The summed E-state index contributed by atoms with van der Waals surface area (Å²) in [5, 5.41) is 9.08. The van der Waals surface area contributed by atoms with Crippen molar-refractivity contribution in [2.24, 2.45) is 0 Å². The van der Waals surface area contributed by atoms with Crippen molar-refractivity contribution >= 4 is 17.4 Å². The van der Waals surface area contributed by atoms with Crippen LogP contribution < -0.4 is 5.73 Å². The molecule has 4 nitrogen and oxygen atoms in total. The van der Waals surface area contributed by atoms with Crippen LogP contribution in [0.4, 0.5) is 5.69 Å². The molecule has 0 aliphatic heterocycles. The third kappa shape index (κ3) is 9.60. The summed E-state index contributed by atoms with van der Waals surface area (Å²) in [6, 6.07) is 4.63. The Labute approximate surface area is 164 Å². The molecule has 0 aromatic heterocycles. The van der Waals surface area contributed by atoms with Gasteiger partial charge in [0.2, 0.25) is 0 Å². The van der Waals surface area contributed by atoms with E-state index in [1.807, 2.05) is 0 Å². The molecule has 0 atom stereocenters. The molecular formula is C23H37NO3. The van der Waals surface area contributed by atoms with Crippen molar-refractivity contribution in [2.75, 3.05) is 5.73 Å². The van der Waals surface area contributed by atoms with Gasteiger partial charge in [0.1, 0.15) is 0 Å². The molecular weight excluding hydrogens is 338 g/mol. The third-order valence-corrected chi connectivity index (χ3v) is 5.14. The number of nitrogen functional groups attached to an aromatic ring is 1. The van der Waals surface area contributed by atoms with Crippen molar-refractivity contribution in [2.45, 2.75) is 96.8 Å². The van der Waals surface area contributed by atoms with E-state index in [9.17, 15) is 9.59 Å². The summed E-state index contributed by atoms with van der Waals surface area (Å²) in [6.45, 7) is 2.25. The fourth-order valence-electron chi connectivity index (χ4n) is 3.43. The Kier molecular flexibility index (Phi) is 12.2. The van der Waals surface area contributed by atoms with Gasteiger partial charge in [-0.1, -0.05) is 90.0 Å². The first-order valence-corrected chi connectivity index (χ1v) is 10.7. The number of Topliss-reactive ketones (excluding diaryl/α,β-unsaturated/α-hetero) is 1. The highest BCUT2D eigenvalue weighted by Gasteiger charge is 2.15. The van der Waals surface area contributed by atoms with Gasteiger partial charge in [0.05, 0.1) is 11.3 Å². The number of rotatable bonds is 16. The predicted molar refractivity (Wildman–Crippen MR) is 112 cm³/mol. The minimum atomic E-state index is -1.09. The average Bonchev–Trinajstić information content (AvgIpc) is 2.65. The van der Waals surface area contributed by atoms with Crippen LogP contribution in [0, 0.1) is 0 Å². The number of carboxylic acids is 1. The molecule has 152 valence electrons. The number of nitrogens with two attached hydrogens (primary N) is 1. The van der Waals surface area contributed by atoms with Crippen LogP contribution in [0.15, 0.2) is 18.2 Å². The minimum Gasteiger partial charge on any atom is -0.478 e. The number of unbranched alkanes of at least 4 members (excludes halogenated alkanes) is 12. The van der Waals surface area contributed by atoms with Gasteiger partial charge in [0.15, 0.2) is 5.78 Å². The lowest BCUT2D eigenvalue weighted by atomic mass is 9.99. The van der Waals surface area contributed by atoms with Crippen LogP contribution in [0.5, 0.6) is 0 Å². The molecule has 27 heavy (non-hydrogen) atoms. The van der Waals surface area contributed by atoms with Crippen LogP contribution in [-0.2, 0) is 0 Å². The van der Waals surface area contributed by atoms with Crippen molar-refractivity contribution in [3.05, 3.63) is 29.3 Å². The van der Waals surface area contributed by atoms with Gasteiger partial charge in [0.25, 0.3) is 0 Å². The Morgan fingerprint density at radius 1 is 0.778 bits per heavy atom. The van der Waals surface area contributed by atoms with Crippen molar-refractivity contribution in [3.63, 3.8) is 0 Å². The number of carbonyl (C=O) groups excluding carboxylic acids is 1. The molecule has 0 heterocycles. The molecule has 1 rings (SSSR count). The number of carboxylic acid groups (broad SMARTS) is 1. The van der Waals surface area contributed by atoms with Gasteiger partial charge >= 0.3 is 5.97 Å². The highest BCUT2D eigenvalue weighted by Crippen LogP contribution is 2.20. The second-order valence-corrected chi connectivity index (χ2v) is 7.49. The smallest absolute Gasteiger partial charge is 0.337 e. The SMILES string of the molecule is CCCCCCCCCCCCCCCC(=O)c1cccc(C(=O)O)c1N. The first kappa shape index (κ1) is 23.2. The summed E-state index contributed by atoms with van der Waals surface area (Å²) in [5.74, 6) is -1.15. The molecule has 0 spiro atoms. The Morgan fingerprint density at radius 3 is 1.70 bits per heavy atom. The van der Waals surface area contributed by atoms with E-state index in [0.29, 0.717) is 12.0 Å². The average molecular weight is 376 g/mol. The van der Waals surface area contributed by atoms with Gasteiger partial charge in [-0.15, -0.1) is 0 Å². The quantitative estimate of drug-likeness (QED) is 0.193. The maximum Gasteiger partial charge on any atom is 0.337 e. The summed E-state index contributed by atoms with van der Waals surface area (Å²) in [6.07, 6.45) is 16.9. The van der Waals surface area contributed by atoms with Crippen LogP contribution in [-0.4, -0.2) is 16.9 Å². The van der Waals surface area contributed by atoms with E-state index < -0.39 is 5.97 Å². The Balaban J connectivity index is 2.06. The van der Waals surface area contributed by atoms with Crippen LogP contribution >= 0.6 is 0 Å². The van der Waals surface area contributed by atoms with Gasteiger partial charge in [-0.2, -0.15) is 0 Å². The van der Waals surface area contributed by atoms with Crippen molar-refractivity contribution in [1.29, 1.82) is 0 Å². The highest BCUT2D eigenvalue weighted by atomic mass is 16.4. The maximum atomic E-state index is 12.3. The molecule has 0 amide bonds. The lowest BCUT2D eigenvalue weighted by Gasteiger charge is -2.07. The minimum absolute atomic E-state index is 0.00575. The summed E-state index contributed by atoms with van der Waals surface area (Å²) < 4.78 is 0. The number of benzene rings is 1. The third-order valence-electron chi connectivity index (χ3n) is 5.14. The van der Waals surface area contributed by atoms with Crippen LogP contribution in [0.1, 0.15) is 118 Å². The molecule has 0 saturated heterocycles. The van der Waals surface area contributed by atoms with Crippen LogP contribution in [0.25, 0.3) is 0 Å². The molecule has 0 aliphatic rings. The van der Waals surface area contributed by atoms with E-state index in [4.69, 9.17) is 10.8 Å². The lowest BCUT2D eigenvalue weighted by molar-refractivity contribution is 0.0698. The van der Waals surface area contributed by atoms with E-state index in [1.54, 1.807) is 12.1 Å². The fraction of sp³-hybridized carbons (Fsp3) is 0.652. The van der Waals surface area contributed by atoms with Crippen molar-refractivity contribution in [1.82, 2.24) is 0 Å². The maximum absolute atomic E-state index is 12.3. The van der Waals surface area contributed by atoms with Crippen LogP contribution in [0.2, 0.25) is 0 Å². The number of hydrogen-bond acceptors (Lipinski definition) is 3. The van der Waals surface area contributed by atoms with Gasteiger partial charge in [0, 0.05) is 12.0 Å².